The van der Waals surface area contributed by atoms with Gasteiger partial charge >= 0.3 is 6.18 Å². The molecular weight excluding hydrogens is 305 g/mol. The van der Waals surface area contributed by atoms with E-state index in [9.17, 15) is 18.0 Å². The second-order valence-electron chi connectivity index (χ2n) is 4.07. The molecule has 4 nitrogen and oxygen atoms in total. The fraction of sp³-hybridized carbons (Fsp3) is 0.0769. The van der Waals surface area contributed by atoms with E-state index in [4.69, 9.17) is 4.42 Å². The van der Waals surface area contributed by atoms with Crippen molar-refractivity contribution in [3.63, 3.8) is 0 Å². The van der Waals surface area contributed by atoms with Gasteiger partial charge in [0, 0.05) is 11.6 Å². The molecule has 0 aliphatic carbocycles. The van der Waals surface area contributed by atoms with Gasteiger partial charge < -0.3 is 4.42 Å². The van der Waals surface area contributed by atoms with E-state index in [0.717, 1.165) is 23.5 Å². The predicted molar refractivity (Wildman–Crippen MR) is 70.1 cm³/mol. The van der Waals surface area contributed by atoms with Gasteiger partial charge in [-0.05, 0) is 24.3 Å². The third-order valence-corrected chi connectivity index (χ3v) is 3.48. The van der Waals surface area contributed by atoms with Crippen molar-refractivity contribution in [2.45, 2.75) is 6.18 Å². The Balaban J connectivity index is 2.03. The van der Waals surface area contributed by atoms with Gasteiger partial charge in [-0.25, -0.2) is 4.98 Å². The van der Waals surface area contributed by atoms with Crippen LogP contribution in [0.3, 0.4) is 0 Å². The van der Waals surface area contributed by atoms with Gasteiger partial charge in [0.2, 0.25) is 5.78 Å². The molecule has 3 aromatic heterocycles. The Hall–Kier alpha value is -2.35. The highest BCUT2D eigenvalue weighted by molar-refractivity contribution is 7.15. The van der Waals surface area contributed by atoms with Gasteiger partial charge in [-0.1, -0.05) is 0 Å². The molecule has 0 atom stereocenters. The van der Waals surface area contributed by atoms with E-state index in [1.165, 1.54) is 29.0 Å². The Morgan fingerprint density at radius 3 is 2.90 bits per heavy atom. The van der Waals surface area contributed by atoms with Gasteiger partial charge in [-0.2, -0.15) is 13.2 Å². The van der Waals surface area contributed by atoms with Crippen molar-refractivity contribution in [1.29, 1.82) is 0 Å². The maximum atomic E-state index is 13.0. The third kappa shape index (κ3) is 2.49. The highest BCUT2D eigenvalue weighted by atomic mass is 32.1. The average molecular weight is 312 g/mol. The summed E-state index contributed by atoms with van der Waals surface area (Å²) in [4.78, 5) is 15.5. The number of carbonyl (C=O) groups excluding carboxylic acids is 1. The van der Waals surface area contributed by atoms with Crippen molar-refractivity contribution in [1.82, 2.24) is 9.38 Å². The Labute approximate surface area is 120 Å². The number of halogens is 3. The van der Waals surface area contributed by atoms with E-state index in [1.807, 2.05) is 0 Å². The number of rotatable bonds is 3. The summed E-state index contributed by atoms with van der Waals surface area (Å²) < 4.78 is 45.0. The molecular formula is C13H7F3N2O2S. The fourth-order valence-corrected chi connectivity index (χ4v) is 2.55. The quantitative estimate of drug-likeness (QED) is 0.544. The number of thiazole rings is 1. The number of allylic oxidation sites excluding steroid dienone is 1. The molecule has 0 aliphatic heterocycles. The number of furan rings is 1. The molecule has 108 valence electrons. The average Bonchev–Trinajstić information content (AvgIpc) is 3.11. The largest absolute Gasteiger partial charge is 0.461 e. The van der Waals surface area contributed by atoms with Crippen molar-refractivity contribution in [3.05, 3.63) is 53.2 Å². The minimum absolute atomic E-state index is 0.0610. The first-order chi connectivity index (χ1) is 9.97. The van der Waals surface area contributed by atoms with Crippen molar-refractivity contribution in [2.24, 2.45) is 0 Å². The topological polar surface area (TPSA) is 47.5 Å². The Morgan fingerprint density at radius 1 is 1.43 bits per heavy atom. The van der Waals surface area contributed by atoms with Gasteiger partial charge in [0.1, 0.15) is 0 Å². The number of hydrogen-bond acceptors (Lipinski definition) is 4. The van der Waals surface area contributed by atoms with Gasteiger partial charge in [0.15, 0.2) is 16.4 Å². The van der Waals surface area contributed by atoms with E-state index < -0.39 is 17.7 Å². The molecule has 0 unspecified atom stereocenters. The van der Waals surface area contributed by atoms with Crippen LogP contribution >= 0.6 is 11.3 Å². The summed E-state index contributed by atoms with van der Waals surface area (Å²) in [5.41, 5.74) is -1.20. The zero-order valence-corrected chi connectivity index (χ0v) is 11.1. The van der Waals surface area contributed by atoms with Crippen LogP contribution < -0.4 is 0 Å². The minimum atomic E-state index is -4.58. The molecule has 0 aromatic carbocycles. The molecule has 3 rings (SSSR count). The van der Waals surface area contributed by atoms with Crippen LogP contribution in [0.1, 0.15) is 21.9 Å². The summed E-state index contributed by atoms with van der Waals surface area (Å²) in [5, 5.41) is 1.62. The molecule has 3 heterocycles. The van der Waals surface area contributed by atoms with Crippen LogP contribution in [0.15, 0.2) is 40.5 Å². The van der Waals surface area contributed by atoms with Crippen LogP contribution in [0.25, 0.3) is 11.0 Å². The molecule has 8 heteroatoms. The van der Waals surface area contributed by atoms with Crippen LogP contribution in [-0.2, 0) is 6.18 Å². The number of hydrogen-bond donors (Lipinski definition) is 0. The maximum Gasteiger partial charge on any atom is 0.435 e. The first kappa shape index (κ1) is 13.6. The number of imidazole rings is 1. The summed E-state index contributed by atoms with van der Waals surface area (Å²) in [5.74, 6) is -0.454. The lowest BCUT2D eigenvalue weighted by atomic mass is 10.2. The van der Waals surface area contributed by atoms with Gasteiger partial charge in [-0.3, -0.25) is 9.20 Å². The predicted octanol–water partition coefficient (Wildman–Crippen LogP) is 3.90. The van der Waals surface area contributed by atoms with Crippen LogP contribution in [-0.4, -0.2) is 15.2 Å². The van der Waals surface area contributed by atoms with Crippen molar-refractivity contribution in [3.8, 4) is 0 Å². The normalized spacial score (nSPS) is 12.5. The van der Waals surface area contributed by atoms with E-state index in [1.54, 1.807) is 5.38 Å². The molecule has 0 fully saturated rings. The Kier molecular flexibility index (Phi) is 3.17. The zero-order chi connectivity index (χ0) is 15.0. The number of alkyl halides is 3. The molecule has 3 aromatic rings. The summed E-state index contributed by atoms with van der Waals surface area (Å²) >= 11 is 1.08. The molecule has 0 radical (unpaired) electrons. The highest BCUT2D eigenvalue weighted by Gasteiger charge is 2.37. The van der Waals surface area contributed by atoms with Crippen LogP contribution in [0.2, 0.25) is 0 Å². The Morgan fingerprint density at radius 2 is 2.24 bits per heavy atom. The molecule has 0 bridgehead atoms. The molecule has 0 saturated carbocycles. The van der Waals surface area contributed by atoms with Gasteiger partial charge in [-0.15, -0.1) is 11.3 Å². The first-order valence-electron chi connectivity index (χ1n) is 5.75. The highest BCUT2D eigenvalue weighted by Crippen LogP contribution is 2.33. The number of carbonyl (C=O) groups is 1. The molecule has 0 N–H and O–H groups in total. The lowest BCUT2D eigenvalue weighted by Gasteiger charge is -2.03. The van der Waals surface area contributed by atoms with Crippen LogP contribution in [0.4, 0.5) is 13.2 Å². The maximum absolute atomic E-state index is 13.0. The lowest BCUT2D eigenvalue weighted by molar-refractivity contribution is -0.140. The third-order valence-electron chi connectivity index (χ3n) is 2.72. The van der Waals surface area contributed by atoms with Crippen LogP contribution in [0.5, 0.6) is 0 Å². The Bertz CT molecular complexity index is 812. The molecule has 0 amide bonds. The molecule has 0 aliphatic rings. The number of nitrogens with zero attached hydrogens (tertiary/aromatic N) is 2. The van der Waals surface area contributed by atoms with Gasteiger partial charge in [0.25, 0.3) is 0 Å². The molecule has 21 heavy (non-hydrogen) atoms. The van der Waals surface area contributed by atoms with Gasteiger partial charge in [0.05, 0.1) is 12.0 Å². The number of ketones is 1. The second kappa shape index (κ2) is 4.88. The van der Waals surface area contributed by atoms with E-state index in [0.29, 0.717) is 0 Å². The fourth-order valence-electron chi connectivity index (χ4n) is 1.83. The second-order valence-corrected chi connectivity index (χ2v) is 4.95. The van der Waals surface area contributed by atoms with Crippen molar-refractivity contribution in [2.75, 3.05) is 0 Å². The minimum Gasteiger partial charge on any atom is -0.461 e. The van der Waals surface area contributed by atoms with Crippen LogP contribution in [0, 0.1) is 0 Å². The summed E-state index contributed by atoms with van der Waals surface area (Å²) in [6, 6.07) is 2.96. The zero-order valence-electron chi connectivity index (χ0n) is 10.3. The lowest BCUT2D eigenvalue weighted by Crippen LogP contribution is -2.08. The van der Waals surface area contributed by atoms with Crippen molar-refractivity contribution >= 4 is 28.2 Å². The van der Waals surface area contributed by atoms with E-state index in [2.05, 4.69) is 4.98 Å². The SMILES string of the molecule is O=C(/C=C/c1c(C(F)(F)F)nc2sccn12)c1ccco1. The molecule has 0 spiro atoms. The van der Waals surface area contributed by atoms with E-state index in [-0.39, 0.29) is 16.4 Å². The number of aromatic nitrogens is 2. The summed E-state index contributed by atoms with van der Waals surface area (Å²) in [6.07, 6.45) is 0.339. The standard InChI is InChI=1S/C13H7F3N2O2S/c14-13(15,16)11-8(18-5-7-21-12(18)17-11)3-4-9(19)10-2-1-6-20-10/h1-7H/b4-3+. The summed E-state index contributed by atoms with van der Waals surface area (Å²) in [7, 11) is 0. The number of fused-ring (bicyclic) bond motifs is 1. The van der Waals surface area contributed by atoms with Crippen molar-refractivity contribution < 1.29 is 22.4 Å². The summed E-state index contributed by atoms with van der Waals surface area (Å²) in [6.45, 7) is 0. The monoisotopic (exact) mass is 312 g/mol. The first-order valence-corrected chi connectivity index (χ1v) is 6.63. The van der Waals surface area contributed by atoms with E-state index >= 15 is 0 Å². The molecule has 0 saturated heterocycles. The smallest absolute Gasteiger partial charge is 0.435 e.